The number of esters is 1. The van der Waals surface area contributed by atoms with Crippen LogP contribution in [0, 0.1) is 5.92 Å². The fourth-order valence-electron chi connectivity index (χ4n) is 2.57. The van der Waals surface area contributed by atoms with E-state index in [1.54, 1.807) is 0 Å². The quantitative estimate of drug-likeness (QED) is 0.754. The zero-order valence-corrected chi connectivity index (χ0v) is 15.7. The average Bonchev–Trinajstić information content (AvgIpc) is 3.09. The van der Waals surface area contributed by atoms with Crippen LogP contribution in [-0.2, 0) is 24.3 Å². The van der Waals surface area contributed by atoms with Crippen molar-refractivity contribution < 1.29 is 22.7 Å². The lowest BCUT2D eigenvalue weighted by Gasteiger charge is -2.14. The number of hydrogen-bond acceptors (Lipinski definition) is 5. The zero-order chi connectivity index (χ0) is 18.6. The Bertz CT molecular complexity index is 758. The van der Waals surface area contributed by atoms with E-state index in [-0.39, 0.29) is 27.5 Å². The van der Waals surface area contributed by atoms with E-state index in [0.29, 0.717) is 0 Å². The van der Waals surface area contributed by atoms with Gasteiger partial charge in [-0.1, -0.05) is 24.4 Å². The smallest absolute Gasteiger partial charge is 0.309 e. The molecule has 1 fully saturated rings. The van der Waals surface area contributed by atoms with Gasteiger partial charge in [-0.15, -0.1) is 0 Å². The third-order valence-corrected chi connectivity index (χ3v) is 6.17. The molecule has 1 aromatic rings. The number of benzene rings is 1. The lowest BCUT2D eigenvalue weighted by molar-refractivity contribution is -0.151. The number of nitrogens with one attached hydrogen (secondary N) is 1. The first-order valence-electron chi connectivity index (χ1n) is 7.90. The molecule has 0 unspecified atom stereocenters. The van der Waals surface area contributed by atoms with Gasteiger partial charge < -0.3 is 10.1 Å². The maximum Gasteiger partial charge on any atom is 0.309 e. The van der Waals surface area contributed by atoms with Gasteiger partial charge in [0.05, 0.1) is 21.5 Å². The van der Waals surface area contributed by atoms with E-state index in [2.05, 4.69) is 5.32 Å². The third-order valence-electron chi connectivity index (χ3n) is 4.02. The summed E-state index contributed by atoms with van der Waals surface area (Å²) in [5.74, 6) is -1.08. The van der Waals surface area contributed by atoms with Crippen LogP contribution in [-0.4, -0.2) is 45.3 Å². The average molecular weight is 389 g/mol. The maximum absolute atomic E-state index is 12.1. The third kappa shape index (κ3) is 4.93. The minimum absolute atomic E-state index is 0.000139. The molecule has 0 saturated heterocycles. The van der Waals surface area contributed by atoms with Crippen LogP contribution in [0.25, 0.3) is 0 Å². The lowest BCUT2D eigenvalue weighted by atomic mass is 10.1. The summed E-state index contributed by atoms with van der Waals surface area (Å²) in [6.45, 7) is -0.434. The van der Waals surface area contributed by atoms with Crippen LogP contribution < -0.4 is 5.32 Å². The van der Waals surface area contributed by atoms with Gasteiger partial charge in [0.25, 0.3) is 5.91 Å². The van der Waals surface area contributed by atoms with Crippen molar-refractivity contribution in [3.05, 3.63) is 23.2 Å². The molecular formula is C16H21ClN2O5S. The van der Waals surface area contributed by atoms with E-state index in [9.17, 15) is 18.0 Å². The zero-order valence-electron chi connectivity index (χ0n) is 14.1. The highest BCUT2D eigenvalue weighted by Gasteiger charge is 2.25. The van der Waals surface area contributed by atoms with E-state index >= 15 is 0 Å². The molecule has 0 aromatic heterocycles. The van der Waals surface area contributed by atoms with E-state index in [0.717, 1.165) is 30.0 Å². The molecule has 0 spiro atoms. The van der Waals surface area contributed by atoms with Gasteiger partial charge in [-0.05, 0) is 31.0 Å². The predicted octanol–water partition coefficient (Wildman–Crippen LogP) is 2.26. The predicted molar refractivity (Wildman–Crippen MR) is 93.9 cm³/mol. The van der Waals surface area contributed by atoms with Crippen LogP contribution in [0.15, 0.2) is 23.1 Å². The largest absolute Gasteiger partial charge is 0.455 e. The molecule has 0 heterocycles. The Morgan fingerprint density at radius 2 is 1.92 bits per heavy atom. The molecule has 25 heavy (non-hydrogen) atoms. The second-order valence-corrected chi connectivity index (χ2v) is 8.63. The molecule has 1 aromatic carbocycles. The Morgan fingerprint density at radius 1 is 1.28 bits per heavy atom. The maximum atomic E-state index is 12.1. The van der Waals surface area contributed by atoms with E-state index in [4.69, 9.17) is 16.3 Å². The van der Waals surface area contributed by atoms with Crippen molar-refractivity contribution in [2.24, 2.45) is 5.92 Å². The Labute approximate surface area is 152 Å². The monoisotopic (exact) mass is 388 g/mol. The van der Waals surface area contributed by atoms with Crippen molar-refractivity contribution in [1.82, 2.24) is 4.31 Å². The van der Waals surface area contributed by atoms with Crippen LogP contribution >= 0.6 is 11.6 Å². The van der Waals surface area contributed by atoms with Crippen LogP contribution in [0.5, 0.6) is 0 Å². The summed E-state index contributed by atoms with van der Waals surface area (Å²) in [5, 5.41) is 2.66. The van der Waals surface area contributed by atoms with Gasteiger partial charge in [0.15, 0.2) is 6.61 Å². The van der Waals surface area contributed by atoms with Gasteiger partial charge in [-0.2, -0.15) is 0 Å². The summed E-state index contributed by atoms with van der Waals surface area (Å²) in [4.78, 5) is 23.8. The summed E-state index contributed by atoms with van der Waals surface area (Å²) in [7, 11) is -0.836. The van der Waals surface area contributed by atoms with Crippen molar-refractivity contribution in [2.75, 3.05) is 26.0 Å². The number of hydrogen-bond donors (Lipinski definition) is 1. The number of halogens is 1. The van der Waals surface area contributed by atoms with Gasteiger partial charge in [0.1, 0.15) is 0 Å². The minimum atomic E-state index is -3.65. The van der Waals surface area contributed by atoms with Gasteiger partial charge in [-0.3, -0.25) is 9.59 Å². The molecule has 9 heteroatoms. The van der Waals surface area contributed by atoms with Crippen LogP contribution in [0.2, 0.25) is 5.02 Å². The number of ether oxygens (including phenoxy) is 1. The Morgan fingerprint density at radius 3 is 2.52 bits per heavy atom. The fourth-order valence-corrected chi connectivity index (χ4v) is 3.67. The second-order valence-electron chi connectivity index (χ2n) is 6.07. The molecule has 0 atom stereocenters. The minimum Gasteiger partial charge on any atom is -0.455 e. The molecule has 1 N–H and O–H groups in total. The van der Waals surface area contributed by atoms with Crippen molar-refractivity contribution in [1.29, 1.82) is 0 Å². The Hall–Kier alpha value is -1.64. The first kappa shape index (κ1) is 19.7. The molecular weight excluding hydrogens is 368 g/mol. The second kappa shape index (κ2) is 8.16. The number of amides is 1. The molecule has 1 amide bonds. The molecule has 1 aliphatic rings. The number of sulfonamides is 1. The summed E-state index contributed by atoms with van der Waals surface area (Å²) in [6, 6.07) is 4.01. The highest BCUT2D eigenvalue weighted by atomic mass is 35.5. The molecule has 0 radical (unpaired) electrons. The van der Waals surface area contributed by atoms with Crippen molar-refractivity contribution in [3.8, 4) is 0 Å². The summed E-state index contributed by atoms with van der Waals surface area (Å²) in [6.07, 6.45) is 3.57. The van der Waals surface area contributed by atoms with Gasteiger partial charge in [0, 0.05) is 14.1 Å². The molecule has 0 aliphatic heterocycles. The summed E-state index contributed by atoms with van der Waals surface area (Å²) >= 11 is 6.01. The summed E-state index contributed by atoms with van der Waals surface area (Å²) < 4.78 is 30.4. The highest BCUT2D eigenvalue weighted by Crippen LogP contribution is 2.27. The highest BCUT2D eigenvalue weighted by molar-refractivity contribution is 7.89. The lowest BCUT2D eigenvalue weighted by Crippen LogP contribution is -2.24. The standard InChI is InChI=1S/C16H21ClN2O5S/c1-19(2)25(22,23)12-7-8-13(17)14(9-12)18-15(20)10-24-16(21)11-5-3-4-6-11/h7-9,11H,3-6,10H2,1-2H3,(H,18,20). The van der Waals surface area contributed by atoms with Crippen LogP contribution in [0.4, 0.5) is 5.69 Å². The van der Waals surface area contributed by atoms with Crippen LogP contribution in [0.1, 0.15) is 25.7 Å². The molecule has 138 valence electrons. The first-order valence-corrected chi connectivity index (χ1v) is 9.72. The molecule has 0 bridgehead atoms. The molecule has 2 rings (SSSR count). The molecule has 7 nitrogen and oxygen atoms in total. The fraction of sp³-hybridized carbons (Fsp3) is 0.500. The topological polar surface area (TPSA) is 92.8 Å². The number of carbonyl (C=O) groups excluding carboxylic acids is 2. The molecule has 1 saturated carbocycles. The SMILES string of the molecule is CN(C)S(=O)(=O)c1ccc(Cl)c(NC(=O)COC(=O)C2CCCC2)c1. The van der Waals surface area contributed by atoms with Gasteiger partial charge in [0.2, 0.25) is 10.0 Å². The van der Waals surface area contributed by atoms with Gasteiger partial charge >= 0.3 is 5.97 Å². The van der Waals surface area contributed by atoms with E-state index in [1.807, 2.05) is 0 Å². The molecule has 1 aliphatic carbocycles. The number of nitrogens with zero attached hydrogens (tertiary/aromatic N) is 1. The number of rotatable bonds is 6. The Kier molecular flexibility index (Phi) is 6.42. The van der Waals surface area contributed by atoms with Crippen molar-refractivity contribution in [2.45, 2.75) is 30.6 Å². The van der Waals surface area contributed by atoms with Crippen LogP contribution in [0.3, 0.4) is 0 Å². The van der Waals surface area contributed by atoms with Gasteiger partial charge in [-0.25, -0.2) is 12.7 Å². The Balaban J connectivity index is 2.01. The number of anilines is 1. The van der Waals surface area contributed by atoms with E-state index in [1.165, 1.54) is 32.3 Å². The first-order chi connectivity index (χ1) is 11.7. The normalized spacial score (nSPS) is 15.4. The van der Waals surface area contributed by atoms with E-state index < -0.39 is 22.5 Å². The summed E-state index contributed by atoms with van der Waals surface area (Å²) in [5.41, 5.74) is 0.145. The number of carbonyl (C=O) groups is 2. The van der Waals surface area contributed by atoms with Crippen molar-refractivity contribution in [3.63, 3.8) is 0 Å². The van der Waals surface area contributed by atoms with Crippen molar-refractivity contribution >= 4 is 39.2 Å².